The molecule has 4 rings (SSSR count). The Morgan fingerprint density at radius 2 is 1.93 bits per heavy atom. The van der Waals surface area contributed by atoms with Gasteiger partial charge in [0.15, 0.2) is 0 Å². The van der Waals surface area contributed by atoms with Gasteiger partial charge in [-0.2, -0.15) is 0 Å². The standard InChI is InChI=1S/C21H21N3O3S/c1-26-17-11-7-14(8-12-17)13-18-23-24-21(27-18)28-19(15-5-3-2-4-6-15)20(25)22-16-9-10-16/h2-8,11-12,16,19H,9-10,13H2,1H3,(H,22,25)/t19-/m0/s1. The zero-order valence-corrected chi connectivity index (χ0v) is 16.3. The van der Waals surface area contributed by atoms with E-state index in [9.17, 15) is 4.79 Å². The summed E-state index contributed by atoms with van der Waals surface area (Å²) in [5.41, 5.74) is 1.97. The number of methoxy groups -OCH3 is 1. The van der Waals surface area contributed by atoms with Crippen LogP contribution in [-0.2, 0) is 11.2 Å². The Morgan fingerprint density at radius 1 is 1.18 bits per heavy atom. The maximum atomic E-state index is 12.7. The van der Waals surface area contributed by atoms with Gasteiger partial charge >= 0.3 is 0 Å². The maximum Gasteiger partial charge on any atom is 0.277 e. The van der Waals surface area contributed by atoms with Crippen LogP contribution in [0.3, 0.4) is 0 Å². The zero-order chi connectivity index (χ0) is 19.3. The minimum Gasteiger partial charge on any atom is -0.497 e. The Bertz CT molecular complexity index is 924. The molecule has 7 heteroatoms. The van der Waals surface area contributed by atoms with Gasteiger partial charge in [-0.15, -0.1) is 10.2 Å². The van der Waals surface area contributed by atoms with E-state index < -0.39 is 5.25 Å². The Kier molecular flexibility index (Phi) is 5.62. The molecule has 1 aliphatic carbocycles. The van der Waals surface area contributed by atoms with Gasteiger partial charge in [-0.05, 0) is 47.9 Å². The van der Waals surface area contributed by atoms with E-state index >= 15 is 0 Å². The highest BCUT2D eigenvalue weighted by Gasteiger charge is 2.30. The van der Waals surface area contributed by atoms with E-state index in [4.69, 9.17) is 9.15 Å². The molecule has 28 heavy (non-hydrogen) atoms. The molecule has 1 amide bonds. The minimum atomic E-state index is -0.420. The van der Waals surface area contributed by atoms with Gasteiger partial charge in [-0.25, -0.2) is 0 Å². The molecule has 0 aliphatic heterocycles. The van der Waals surface area contributed by atoms with Crippen molar-refractivity contribution < 1.29 is 13.9 Å². The molecule has 6 nitrogen and oxygen atoms in total. The number of carbonyl (C=O) groups is 1. The molecule has 1 aliphatic rings. The molecule has 2 aromatic carbocycles. The predicted molar refractivity (Wildman–Crippen MR) is 106 cm³/mol. The van der Waals surface area contributed by atoms with Gasteiger partial charge in [-0.1, -0.05) is 42.5 Å². The van der Waals surface area contributed by atoms with Crippen molar-refractivity contribution in [3.05, 3.63) is 71.6 Å². The number of aromatic nitrogens is 2. The van der Waals surface area contributed by atoms with E-state index in [2.05, 4.69) is 15.5 Å². The van der Waals surface area contributed by atoms with Crippen molar-refractivity contribution in [3.63, 3.8) is 0 Å². The summed E-state index contributed by atoms with van der Waals surface area (Å²) >= 11 is 1.28. The van der Waals surface area contributed by atoms with Crippen molar-refractivity contribution in [2.45, 2.75) is 35.8 Å². The molecule has 0 bridgehead atoms. The molecule has 144 valence electrons. The lowest BCUT2D eigenvalue weighted by Gasteiger charge is -2.14. The second-order valence-electron chi connectivity index (χ2n) is 6.68. The van der Waals surface area contributed by atoms with E-state index in [1.54, 1.807) is 7.11 Å². The van der Waals surface area contributed by atoms with E-state index in [0.29, 0.717) is 23.6 Å². The molecule has 0 spiro atoms. The third-order valence-corrected chi connectivity index (χ3v) is 5.53. The molecule has 0 unspecified atom stereocenters. The maximum absolute atomic E-state index is 12.7. The Hall–Kier alpha value is -2.80. The van der Waals surface area contributed by atoms with Gasteiger partial charge in [0, 0.05) is 6.04 Å². The number of carbonyl (C=O) groups excluding carboxylic acids is 1. The molecule has 0 saturated heterocycles. The van der Waals surface area contributed by atoms with E-state index in [1.165, 1.54) is 11.8 Å². The lowest BCUT2D eigenvalue weighted by Crippen LogP contribution is -2.29. The fraction of sp³-hybridized carbons (Fsp3) is 0.286. The molecule has 1 atom stereocenters. The molecule has 1 saturated carbocycles. The highest BCUT2D eigenvalue weighted by atomic mass is 32.2. The number of hydrogen-bond acceptors (Lipinski definition) is 6. The molecule has 0 radical (unpaired) electrons. The Morgan fingerprint density at radius 3 is 2.61 bits per heavy atom. The first-order valence-electron chi connectivity index (χ1n) is 9.18. The topological polar surface area (TPSA) is 77.2 Å². The van der Waals surface area contributed by atoms with Crippen molar-refractivity contribution >= 4 is 17.7 Å². The van der Waals surface area contributed by atoms with Crippen LogP contribution in [0.4, 0.5) is 0 Å². The number of benzene rings is 2. The number of ether oxygens (including phenoxy) is 1. The van der Waals surface area contributed by atoms with Crippen molar-refractivity contribution in [2.24, 2.45) is 0 Å². The summed E-state index contributed by atoms with van der Waals surface area (Å²) in [6.45, 7) is 0. The summed E-state index contributed by atoms with van der Waals surface area (Å²) in [6, 6.07) is 17.7. The Balaban J connectivity index is 1.46. The third kappa shape index (κ3) is 4.72. The summed E-state index contributed by atoms with van der Waals surface area (Å²) in [4.78, 5) is 12.7. The lowest BCUT2D eigenvalue weighted by atomic mass is 10.1. The van der Waals surface area contributed by atoms with Crippen LogP contribution in [0.1, 0.15) is 35.1 Å². The first kappa shape index (κ1) is 18.6. The summed E-state index contributed by atoms with van der Waals surface area (Å²) in [5.74, 6) is 1.30. The van der Waals surface area contributed by atoms with Crippen LogP contribution in [0.25, 0.3) is 0 Å². The van der Waals surface area contributed by atoms with Crippen molar-refractivity contribution in [3.8, 4) is 5.75 Å². The minimum absolute atomic E-state index is 0.0198. The number of amides is 1. The summed E-state index contributed by atoms with van der Waals surface area (Å²) in [6.07, 6.45) is 2.62. The van der Waals surface area contributed by atoms with Crippen molar-refractivity contribution in [1.82, 2.24) is 15.5 Å². The van der Waals surface area contributed by atoms with Crippen LogP contribution in [0.15, 0.2) is 64.2 Å². The number of thioether (sulfide) groups is 1. The molecule has 1 fully saturated rings. The van der Waals surface area contributed by atoms with Crippen molar-refractivity contribution in [2.75, 3.05) is 7.11 Å². The van der Waals surface area contributed by atoms with Crippen LogP contribution >= 0.6 is 11.8 Å². The number of hydrogen-bond donors (Lipinski definition) is 1. The van der Waals surface area contributed by atoms with Gasteiger partial charge < -0.3 is 14.5 Å². The molecule has 3 aromatic rings. The van der Waals surface area contributed by atoms with Crippen LogP contribution < -0.4 is 10.1 Å². The monoisotopic (exact) mass is 395 g/mol. The number of nitrogens with zero attached hydrogens (tertiary/aromatic N) is 2. The molecular weight excluding hydrogens is 374 g/mol. The average molecular weight is 395 g/mol. The van der Waals surface area contributed by atoms with E-state index in [1.807, 2.05) is 54.6 Å². The van der Waals surface area contributed by atoms with Crippen LogP contribution in [0.5, 0.6) is 5.75 Å². The fourth-order valence-electron chi connectivity index (χ4n) is 2.78. The summed E-state index contributed by atoms with van der Waals surface area (Å²) < 4.78 is 11.0. The number of nitrogens with one attached hydrogen (secondary N) is 1. The fourth-order valence-corrected chi connectivity index (χ4v) is 3.68. The molecular formula is C21H21N3O3S. The smallest absolute Gasteiger partial charge is 0.277 e. The quantitative estimate of drug-likeness (QED) is 0.585. The average Bonchev–Trinajstić information content (AvgIpc) is 3.44. The largest absolute Gasteiger partial charge is 0.497 e. The molecule has 1 heterocycles. The first-order chi connectivity index (χ1) is 13.7. The van der Waals surface area contributed by atoms with E-state index in [-0.39, 0.29) is 5.91 Å². The summed E-state index contributed by atoms with van der Waals surface area (Å²) in [5, 5.41) is 11.3. The second-order valence-corrected chi connectivity index (χ2v) is 7.73. The normalized spacial score (nSPS) is 14.5. The van der Waals surface area contributed by atoms with Gasteiger partial charge in [0.25, 0.3) is 5.22 Å². The van der Waals surface area contributed by atoms with E-state index in [0.717, 1.165) is 29.7 Å². The third-order valence-electron chi connectivity index (χ3n) is 4.45. The summed E-state index contributed by atoms with van der Waals surface area (Å²) in [7, 11) is 1.64. The zero-order valence-electron chi connectivity index (χ0n) is 15.5. The molecule has 1 N–H and O–H groups in total. The molecule has 1 aromatic heterocycles. The van der Waals surface area contributed by atoms with Crippen LogP contribution in [-0.4, -0.2) is 29.3 Å². The van der Waals surface area contributed by atoms with Gasteiger partial charge in [0.05, 0.1) is 13.5 Å². The second kappa shape index (κ2) is 8.48. The van der Waals surface area contributed by atoms with Gasteiger partial charge in [0.2, 0.25) is 11.8 Å². The van der Waals surface area contributed by atoms with Crippen LogP contribution in [0.2, 0.25) is 0 Å². The Labute approximate surface area is 167 Å². The van der Waals surface area contributed by atoms with Crippen molar-refractivity contribution in [1.29, 1.82) is 0 Å². The highest BCUT2D eigenvalue weighted by molar-refractivity contribution is 8.00. The van der Waals surface area contributed by atoms with Crippen LogP contribution in [0, 0.1) is 0 Å². The SMILES string of the molecule is COc1ccc(Cc2nnc(S[C@H](C(=O)NC3CC3)c3ccccc3)o2)cc1. The van der Waals surface area contributed by atoms with Gasteiger partial charge in [0.1, 0.15) is 11.0 Å². The lowest BCUT2D eigenvalue weighted by molar-refractivity contribution is -0.120. The highest BCUT2D eigenvalue weighted by Crippen LogP contribution is 2.35. The van der Waals surface area contributed by atoms with Gasteiger partial charge in [-0.3, -0.25) is 4.79 Å². The first-order valence-corrected chi connectivity index (χ1v) is 10.1. The number of rotatable bonds is 8. The predicted octanol–water partition coefficient (Wildman–Crippen LogP) is 3.78.